The molecule has 24 heavy (non-hydrogen) atoms. The summed E-state index contributed by atoms with van der Waals surface area (Å²) >= 11 is 0. The van der Waals surface area contributed by atoms with E-state index in [4.69, 9.17) is 13.9 Å². The van der Waals surface area contributed by atoms with E-state index in [1.54, 1.807) is 6.07 Å². The molecule has 1 aromatic heterocycles. The van der Waals surface area contributed by atoms with Gasteiger partial charge < -0.3 is 18.8 Å². The van der Waals surface area contributed by atoms with Crippen LogP contribution in [0.1, 0.15) is 47.7 Å². The summed E-state index contributed by atoms with van der Waals surface area (Å²) in [5.41, 5.74) is 0.469. The van der Waals surface area contributed by atoms with Crippen molar-refractivity contribution < 1.29 is 28.3 Å². The highest BCUT2D eigenvalue weighted by molar-refractivity contribution is 5.99. The predicted molar refractivity (Wildman–Crippen MR) is 82.3 cm³/mol. The van der Waals surface area contributed by atoms with Gasteiger partial charge >= 0.3 is 11.9 Å². The van der Waals surface area contributed by atoms with E-state index in [0.29, 0.717) is 30.7 Å². The second kappa shape index (κ2) is 6.67. The summed E-state index contributed by atoms with van der Waals surface area (Å²) in [5, 5.41) is 0. The van der Waals surface area contributed by atoms with E-state index in [1.165, 1.54) is 25.4 Å². The minimum absolute atomic E-state index is 0.275. The van der Waals surface area contributed by atoms with E-state index >= 15 is 0 Å². The third-order valence-electron chi connectivity index (χ3n) is 4.71. The van der Waals surface area contributed by atoms with E-state index in [1.807, 2.05) is 0 Å². The van der Waals surface area contributed by atoms with Gasteiger partial charge in [-0.15, -0.1) is 0 Å². The molecule has 1 aliphatic heterocycles. The van der Waals surface area contributed by atoms with Crippen molar-refractivity contribution in [2.75, 3.05) is 20.8 Å². The summed E-state index contributed by atoms with van der Waals surface area (Å²) in [6.45, 7) is 0.390. The van der Waals surface area contributed by atoms with Crippen LogP contribution in [0.25, 0.3) is 0 Å². The molecule has 0 radical (unpaired) electrons. The number of carbonyl (C=O) groups is 3. The molecule has 7 nitrogen and oxygen atoms in total. The number of carbonyl (C=O) groups excluding carboxylic acids is 3. The van der Waals surface area contributed by atoms with Crippen molar-refractivity contribution >= 4 is 17.8 Å². The van der Waals surface area contributed by atoms with E-state index < -0.39 is 23.9 Å². The van der Waals surface area contributed by atoms with Gasteiger partial charge in [-0.25, -0.2) is 4.79 Å². The normalized spacial score (nSPS) is 23.7. The van der Waals surface area contributed by atoms with E-state index in [0.717, 1.165) is 12.8 Å². The Morgan fingerprint density at radius 2 is 1.83 bits per heavy atom. The van der Waals surface area contributed by atoms with Crippen molar-refractivity contribution in [2.24, 2.45) is 5.92 Å². The lowest BCUT2D eigenvalue weighted by Gasteiger charge is -2.38. The molecule has 0 unspecified atom stereocenters. The molecule has 1 aliphatic carbocycles. The number of piperidine rings is 1. The molecule has 2 heterocycles. The van der Waals surface area contributed by atoms with Crippen molar-refractivity contribution in [3.8, 4) is 0 Å². The predicted octanol–water partition coefficient (Wildman–Crippen LogP) is 1.72. The fourth-order valence-corrected chi connectivity index (χ4v) is 3.35. The number of furan rings is 1. The average Bonchev–Trinajstić information content (AvgIpc) is 3.35. The maximum Gasteiger partial charge on any atom is 0.329 e. The summed E-state index contributed by atoms with van der Waals surface area (Å²) in [7, 11) is 2.53. The smallest absolute Gasteiger partial charge is 0.329 e. The zero-order valence-corrected chi connectivity index (χ0v) is 13.8. The van der Waals surface area contributed by atoms with Gasteiger partial charge in [0.2, 0.25) is 0 Å². The minimum atomic E-state index is -0.967. The molecule has 130 valence electrons. The standard InChI is InChI=1S/C17H21NO6/c1-22-16(20)11-4-3-8-18(13(11)17(21)23-2)15(19)12-7-9-24-14(12)10-5-6-10/h7,9-11,13H,3-6,8H2,1-2H3/t11-,13+/m0/s1. The lowest BCUT2D eigenvalue weighted by atomic mass is 9.88. The van der Waals surface area contributed by atoms with Crippen LogP contribution in [0.2, 0.25) is 0 Å². The fourth-order valence-electron chi connectivity index (χ4n) is 3.35. The van der Waals surface area contributed by atoms with Gasteiger partial charge in [-0.05, 0) is 31.7 Å². The molecular formula is C17H21NO6. The quantitative estimate of drug-likeness (QED) is 0.779. The average molecular weight is 335 g/mol. The molecule has 1 aromatic rings. The molecule has 2 atom stereocenters. The maximum atomic E-state index is 13.0. The van der Waals surface area contributed by atoms with Crippen LogP contribution in [0.3, 0.4) is 0 Å². The molecule has 1 saturated carbocycles. The van der Waals surface area contributed by atoms with Crippen molar-refractivity contribution in [3.63, 3.8) is 0 Å². The number of amides is 1. The zero-order chi connectivity index (χ0) is 17.3. The highest BCUT2D eigenvalue weighted by atomic mass is 16.5. The molecule has 2 aliphatic rings. The van der Waals surface area contributed by atoms with Crippen molar-refractivity contribution in [3.05, 3.63) is 23.7 Å². The molecule has 0 spiro atoms. The Labute approximate surface area is 139 Å². The number of esters is 2. The van der Waals surface area contributed by atoms with Gasteiger partial charge in [0.05, 0.1) is 32.0 Å². The maximum absolute atomic E-state index is 13.0. The fraction of sp³-hybridized carbons (Fsp3) is 0.588. The first-order chi connectivity index (χ1) is 11.6. The molecule has 1 amide bonds. The summed E-state index contributed by atoms with van der Waals surface area (Å²) in [6, 6.07) is 0.664. The highest BCUT2D eigenvalue weighted by Crippen LogP contribution is 2.42. The molecular weight excluding hydrogens is 314 g/mol. The molecule has 1 saturated heterocycles. The number of rotatable bonds is 4. The van der Waals surface area contributed by atoms with Crippen LogP contribution in [-0.2, 0) is 19.1 Å². The lowest BCUT2D eigenvalue weighted by molar-refractivity contribution is -0.160. The molecule has 0 N–H and O–H groups in total. The number of likely N-dealkylation sites (tertiary alicyclic amines) is 1. The van der Waals surface area contributed by atoms with Crippen LogP contribution >= 0.6 is 0 Å². The second-order valence-corrected chi connectivity index (χ2v) is 6.21. The second-order valence-electron chi connectivity index (χ2n) is 6.21. The lowest BCUT2D eigenvalue weighted by Crippen LogP contribution is -2.55. The number of ether oxygens (including phenoxy) is 2. The monoisotopic (exact) mass is 335 g/mol. The first-order valence-corrected chi connectivity index (χ1v) is 8.12. The van der Waals surface area contributed by atoms with Crippen LogP contribution in [0.5, 0.6) is 0 Å². The van der Waals surface area contributed by atoms with E-state index in [-0.39, 0.29) is 11.8 Å². The molecule has 3 rings (SSSR count). The number of hydrogen-bond acceptors (Lipinski definition) is 6. The summed E-state index contributed by atoms with van der Waals surface area (Å²) in [6.07, 6.45) is 4.60. The SMILES string of the molecule is COC(=O)[C@H]1CCCN(C(=O)c2ccoc2C2CC2)[C@H]1C(=O)OC. The van der Waals surface area contributed by atoms with Gasteiger partial charge in [0, 0.05) is 12.5 Å². The van der Waals surface area contributed by atoms with Gasteiger partial charge in [0.1, 0.15) is 11.8 Å². The van der Waals surface area contributed by atoms with Crippen LogP contribution in [0.4, 0.5) is 0 Å². The van der Waals surface area contributed by atoms with E-state index in [2.05, 4.69) is 0 Å². The molecule has 7 heteroatoms. The Morgan fingerprint density at radius 3 is 2.46 bits per heavy atom. The first kappa shape index (κ1) is 16.5. The zero-order valence-electron chi connectivity index (χ0n) is 13.8. The van der Waals surface area contributed by atoms with Gasteiger partial charge in [-0.1, -0.05) is 0 Å². The molecule has 0 aromatic carbocycles. The van der Waals surface area contributed by atoms with Crippen molar-refractivity contribution in [1.82, 2.24) is 4.90 Å². The molecule has 2 fully saturated rings. The van der Waals surface area contributed by atoms with Gasteiger partial charge in [-0.2, -0.15) is 0 Å². The Hall–Kier alpha value is -2.31. The van der Waals surface area contributed by atoms with Gasteiger partial charge in [0.25, 0.3) is 5.91 Å². The first-order valence-electron chi connectivity index (χ1n) is 8.12. The van der Waals surface area contributed by atoms with Gasteiger partial charge in [-0.3, -0.25) is 9.59 Å². The van der Waals surface area contributed by atoms with Crippen molar-refractivity contribution in [1.29, 1.82) is 0 Å². The van der Waals surface area contributed by atoms with Crippen LogP contribution in [0.15, 0.2) is 16.7 Å². The van der Waals surface area contributed by atoms with Crippen LogP contribution in [0, 0.1) is 5.92 Å². The van der Waals surface area contributed by atoms with Crippen LogP contribution in [-0.4, -0.2) is 49.6 Å². The van der Waals surface area contributed by atoms with E-state index in [9.17, 15) is 14.4 Å². The Kier molecular flexibility index (Phi) is 4.59. The largest absolute Gasteiger partial charge is 0.469 e. The topological polar surface area (TPSA) is 86.0 Å². The summed E-state index contributed by atoms with van der Waals surface area (Å²) < 4.78 is 15.1. The third-order valence-corrected chi connectivity index (χ3v) is 4.71. The van der Waals surface area contributed by atoms with Crippen molar-refractivity contribution in [2.45, 2.75) is 37.6 Å². The Morgan fingerprint density at radius 1 is 1.12 bits per heavy atom. The Bertz CT molecular complexity index is 647. The number of methoxy groups -OCH3 is 2. The Balaban J connectivity index is 1.90. The number of nitrogens with zero attached hydrogens (tertiary/aromatic N) is 1. The minimum Gasteiger partial charge on any atom is -0.469 e. The summed E-state index contributed by atoms with van der Waals surface area (Å²) in [4.78, 5) is 38.7. The number of hydrogen-bond donors (Lipinski definition) is 0. The van der Waals surface area contributed by atoms with Gasteiger partial charge in [0.15, 0.2) is 0 Å². The highest BCUT2D eigenvalue weighted by Gasteiger charge is 2.45. The molecule has 0 bridgehead atoms. The third kappa shape index (κ3) is 2.90. The van der Waals surface area contributed by atoms with Crippen LogP contribution < -0.4 is 0 Å². The summed E-state index contributed by atoms with van der Waals surface area (Å²) in [5.74, 6) is -1.17.